The third kappa shape index (κ3) is 4.27. The molecule has 0 bridgehead atoms. The van der Waals surface area contributed by atoms with Gasteiger partial charge in [0, 0.05) is 17.5 Å². The maximum Gasteiger partial charge on any atom is 0.262 e. The summed E-state index contributed by atoms with van der Waals surface area (Å²) in [7, 11) is 0. The SMILES string of the molecule is Cc1ccccc1N=c1scc(-c2ccc3c(c2)NC(=O)CO3)n1CCC(C)C. The minimum absolute atomic E-state index is 0.0681. The molecule has 0 radical (unpaired) electrons. The number of benzene rings is 2. The van der Waals surface area contributed by atoms with Crippen LogP contribution >= 0.6 is 11.3 Å². The van der Waals surface area contributed by atoms with E-state index in [1.165, 1.54) is 0 Å². The van der Waals surface area contributed by atoms with Gasteiger partial charge in [-0.15, -0.1) is 11.3 Å². The molecule has 1 N–H and O–H groups in total. The number of ether oxygens (including phenoxy) is 1. The summed E-state index contributed by atoms with van der Waals surface area (Å²) in [5, 5.41) is 5.04. The van der Waals surface area contributed by atoms with Crippen molar-refractivity contribution >= 4 is 28.6 Å². The number of carbonyl (C=O) groups excluding carboxylic acids is 1. The van der Waals surface area contributed by atoms with Crippen LogP contribution in [0.15, 0.2) is 52.8 Å². The number of aryl methyl sites for hydroxylation is 1. The van der Waals surface area contributed by atoms with Gasteiger partial charge < -0.3 is 14.6 Å². The Morgan fingerprint density at radius 1 is 1.24 bits per heavy atom. The second-order valence-electron chi connectivity index (χ2n) is 7.68. The lowest BCUT2D eigenvalue weighted by Crippen LogP contribution is -2.25. The fraction of sp³-hybridized carbons (Fsp3) is 0.304. The van der Waals surface area contributed by atoms with E-state index in [0.29, 0.717) is 11.7 Å². The van der Waals surface area contributed by atoms with Crippen molar-refractivity contribution in [2.75, 3.05) is 11.9 Å². The molecule has 0 aliphatic carbocycles. The van der Waals surface area contributed by atoms with E-state index in [0.717, 1.165) is 46.0 Å². The van der Waals surface area contributed by atoms with Crippen LogP contribution < -0.4 is 14.9 Å². The molecule has 29 heavy (non-hydrogen) atoms. The van der Waals surface area contributed by atoms with Crippen molar-refractivity contribution in [1.29, 1.82) is 0 Å². The Morgan fingerprint density at radius 2 is 2.07 bits per heavy atom. The number of rotatable bonds is 5. The molecule has 1 amide bonds. The molecular weight excluding hydrogens is 382 g/mol. The molecule has 0 unspecified atom stereocenters. The molecule has 0 saturated heterocycles. The molecule has 5 nitrogen and oxygen atoms in total. The number of hydrogen-bond acceptors (Lipinski definition) is 4. The number of hydrogen-bond donors (Lipinski definition) is 1. The summed E-state index contributed by atoms with van der Waals surface area (Å²) in [6.07, 6.45) is 1.06. The first-order valence-corrected chi connectivity index (χ1v) is 10.7. The molecule has 1 aliphatic rings. The number of amides is 1. The van der Waals surface area contributed by atoms with Gasteiger partial charge in [0.15, 0.2) is 11.4 Å². The van der Waals surface area contributed by atoms with Gasteiger partial charge in [0.05, 0.1) is 17.1 Å². The molecule has 1 aromatic heterocycles. The van der Waals surface area contributed by atoms with E-state index in [4.69, 9.17) is 9.73 Å². The average molecular weight is 408 g/mol. The molecule has 1 aliphatic heterocycles. The first-order chi connectivity index (χ1) is 14.0. The Kier molecular flexibility index (Phi) is 5.53. The van der Waals surface area contributed by atoms with Crippen LogP contribution in [0, 0.1) is 12.8 Å². The van der Waals surface area contributed by atoms with Crippen molar-refractivity contribution in [3.05, 3.63) is 58.2 Å². The highest BCUT2D eigenvalue weighted by molar-refractivity contribution is 7.07. The van der Waals surface area contributed by atoms with Gasteiger partial charge in [-0.05, 0) is 49.1 Å². The van der Waals surface area contributed by atoms with Crippen molar-refractivity contribution in [2.24, 2.45) is 10.9 Å². The number of nitrogens with zero attached hydrogens (tertiary/aromatic N) is 2. The third-order valence-corrected chi connectivity index (χ3v) is 5.83. The number of aromatic nitrogens is 1. The summed E-state index contributed by atoms with van der Waals surface area (Å²) in [6.45, 7) is 7.50. The number of fused-ring (bicyclic) bond motifs is 1. The van der Waals surface area contributed by atoms with Crippen LogP contribution in [0.1, 0.15) is 25.8 Å². The van der Waals surface area contributed by atoms with Crippen molar-refractivity contribution in [3.8, 4) is 17.0 Å². The quantitative estimate of drug-likeness (QED) is 0.637. The predicted molar refractivity (Wildman–Crippen MR) is 118 cm³/mol. The van der Waals surface area contributed by atoms with Gasteiger partial charge in [-0.1, -0.05) is 32.0 Å². The molecule has 3 aromatic rings. The molecule has 0 atom stereocenters. The highest BCUT2D eigenvalue weighted by atomic mass is 32.1. The third-order valence-electron chi connectivity index (χ3n) is 4.97. The van der Waals surface area contributed by atoms with Crippen molar-refractivity contribution < 1.29 is 9.53 Å². The highest BCUT2D eigenvalue weighted by Gasteiger charge is 2.18. The van der Waals surface area contributed by atoms with Crippen LogP contribution in [0.25, 0.3) is 11.3 Å². The average Bonchev–Trinajstić information content (AvgIpc) is 3.10. The van der Waals surface area contributed by atoms with E-state index in [2.05, 4.69) is 42.1 Å². The lowest BCUT2D eigenvalue weighted by molar-refractivity contribution is -0.118. The minimum Gasteiger partial charge on any atom is -0.482 e. The van der Waals surface area contributed by atoms with E-state index in [1.807, 2.05) is 36.4 Å². The van der Waals surface area contributed by atoms with Crippen LogP contribution in [-0.4, -0.2) is 17.1 Å². The zero-order valence-electron chi connectivity index (χ0n) is 16.9. The molecule has 150 valence electrons. The zero-order chi connectivity index (χ0) is 20.4. The number of anilines is 1. The summed E-state index contributed by atoms with van der Waals surface area (Å²) in [5.74, 6) is 1.18. The van der Waals surface area contributed by atoms with E-state index >= 15 is 0 Å². The topological polar surface area (TPSA) is 55.6 Å². The monoisotopic (exact) mass is 407 g/mol. The Hall–Kier alpha value is -2.86. The second-order valence-corrected chi connectivity index (χ2v) is 8.52. The number of nitrogens with one attached hydrogen (secondary N) is 1. The number of carbonyl (C=O) groups is 1. The van der Waals surface area contributed by atoms with Crippen molar-refractivity contribution in [3.63, 3.8) is 0 Å². The molecule has 2 aromatic carbocycles. The van der Waals surface area contributed by atoms with Gasteiger partial charge in [-0.2, -0.15) is 0 Å². The number of para-hydroxylation sites is 1. The Morgan fingerprint density at radius 3 is 2.86 bits per heavy atom. The molecule has 6 heteroatoms. The van der Waals surface area contributed by atoms with Crippen LogP contribution in [0.3, 0.4) is 0 Å². The molecule has 0 spiro atoms. The first kappa shape index (κ1) is 19.5. The van der Waals surface area contributed by atoms with Crippen molar-refractivity contribution in [1.82, 2.24) is 4.57 Å². The zero-order valence-corrected chi connectivity index (χ0v) is 17.8. The van der Waals surface area contributed by atoms with Gasteiger partial charge in [-0.25, -0.2) is 4.99 Å². The smallest absolute Gasteiger partial charge is 0.262 e. The van der Waals surface area contributed by atoms with E-state index in [1.54, 1.807) is 11.3 Å². The molecule has 0 saturated carbocycles. The fourth-order valence-electron chi connectivity index (χ4n) is 3.29. The lowest BCUT2D eigenvalue weighted by Gasteiger charge is -2.19. The minimum atomic E-state index is -0.122. The summed E-state index contributed by atoms with van der Waals surface area (Å²) in [6, 6.07) is 14.1. The Labute approximate surface area is 174 Å². The van der Waals surface area contributed by atoms with Gasteiger partial charge in [0.1, 0.15) is 5.75 Å². The Balaban J connectivity index is 1.80. The van der Waals surface area contributed by atoms with Crippen LogP contribution in [0.2, 0.25) is 0 Å². The number of thiazole rings is 1. The highest BCUT2D eigenvalue weighted by Crippen LogP contribution is 2.33. The predicted octanol–water partition coefficient (Wildman–Crippen LogP) is 5.13. The largest absolute Gasteiger partial charge is 0.482 e. The van der Waals surface area contributed by atoms with Gasteiger partial charge in [0.2, 0.25) is 0 Å². The van der Waals surface area contributed by atoms with Crippen LogP contribution in [0.5, 0.6) is 5.75 Å². The van der Waals surface area contributed by atoms with Crippen molar-refractivity contribution in [2.45, 2.75) is 33.7 Å². The Bertz CT molecular complexity index is 1110. The maximum atomic E-state index is 11.7. The summed E-state index contributed by atoms with van der Waals surface area (Å²) in [4.78, 5) is 17.6. The fourth-order valence-corrected chi connectivity index (χ4v) is 4.24. The van der Waals surface area contributed by atoms with E-state index < -0.39 is 0 Å². The lowest BCUT2D eigenvalue weighted by atomic mass is 10.1. The molecule has 0 fully saturated rings. The maximum absolute atomic E-state index is 11.7. The van der Waals surface area contributed by atoms with Gasteiger partial charge >= 0.3 is 0 Å². The molecule has 2 heterocycles. The van der Waals surface area contributed by atoms with Crippen LogP contribution in [0.4, 0.5) is 11.4 Å². The summed E-state index contributed by atoms with van der Waals surface area (Å²) < 4.78 is 7.78. The molecule has 4 rings (SSSR count). The summed E-state index contributed by atoms with van der Waals surface area (Å²) >= 11 is 1.64. The van der Waals surface area contributed by atoms with E-state index in [9.17, 15) is 4.79 Å². The standard InChI is InChI=1S/C23H25N3O2S/c1-15(2)10-11-26-20(14-29-23(26)25-18-7-5-4-6-16(18)3)17-8-9-21-19(12-17)24-22(27)13-28-21/h4-9,12,14-15H,10-11,13H2,1-3H3,(H,24,27). The second kappa shape index (κ2) is 8.25. The molecular formula is C23H25N3O2S. The van der Waals surface area contributed by atoms with Crippen LogP contribution in [-0.2, 0) is 11.3 Å². The van der Waals surface area contributed by atoms with E-state index in [-0.39, 0.29) is 12.5 Å². The normalized spacial score (nSPS) is 13.9. The van der Waals surface area contributed by atoms with Gasteiger partial charge in [0.25, 0.3) is 5.91 Å². The summed E-state index contributed by atoms with van der Waals surface area (Å²) in [5.41, 5.74) is 5.01. The van der Waals surface area contributed by atoms with Gasteiger partial charge in [-0.3, -0.25) is 4.79 Å². The first-order valence-electron chi connectivity index (χ1n) is 9.87.